The third-order valence-electron chi connectivity index (χ3n) is 0.988. The smallest absolute Gasteiger partial charge is 0.329 e. The van der Waals surface area contributed by atoms with E-state index in [-0.39, 0.29) is 6.42 Å². The third kappa shape index (κ3) is 1.51. The molecule has 60 valence electrons. The van der Waals surface area contributed by atoms with Crippen LogP contribution in [0.5, 0.6) is 0 Å². The molecule has 2 amide bonds. The molecular formula is C5H5NO4S. The summed E-state index contributed by atoms with van der Waals surface area (Å²) < 4.78 is 0. The lowest BCUT2D eigenvalue weighted by Gasteiger charge is -2.23. The Morgan fingerprint density at radius 1 is 1.55 bits per heavy atom. The van der Waals surface area contributed by atoms with Crippen molar-refractivity contribution < 1.29 is 19.2 Å². The van der Waals surface area contributed by atoms with Gasteiger partial charge < -0.3 is 4.84 Å². The average molecular weight is 175 g/mol. The third-order valence-corrected chi connectivity index (χ3v) is 1.67. The highest BCUT2D eigenvalue weighted by Gasteiger charge is 2.39. The number of imide groups is 1. The minimum atomic E-state index is -0.591. The topological polar surface area (TPSA) is 63.7 Å². The van der Waals surface area contributed by atoms with E-state index in [1.807, 2.05) is 0 Å². The number of hydroxylamine groups is 2. The lowest BCUT2D eigenvalue weighted by Crippen LogP contribution is -2.42. The van der Waals surface area contributed by atoms with Crippen LogP contribution in [0.4, 0.5) is 9.59 Å². The van der Waals surface area contributed by atoms with Crippen LogP contribution in [0.15, 0.2) is 0 Å². The number of thioether (sulfide) groups is 1. The summed E-state index contributed by atoms with van der Waals surface area (Å²) >= 11 is 0.515. The fourth-order valence-electron chi connectivity index (χ4n) is 0.434. The number of carbonyl (C=O) groups excluding carboxylic acids is 3. The first-order chi connectivity index (χ1) is 5.15. The molecule has 6 heteroatoms. The lowest BCUT2D eigenvalue weighted by molar-refractivity contribution is -0.165. The van der Waals surface area contributed by atoms with E-state index in [1.54, 1.807) is 6.92 Å². The minimum absolute atomic E-state index is 0.141. The molecule has 1 saturated heterocycles. The molecule has 0 aromatic rings. The first-order valence-electron chi connectivity index (χ1n) is 2.92. The Morgan fingerprint density at radius 2 is 2.09 bits per heavy atom. The van der Waals surface area contributed by atoms with Crippen molar-refractivity contribution in [1.29, 1.82) is 0 Å². The average Bonchev–Trinajstić information content (AvgIpc) is 2.00. The van der Waals surface area contributed by atoms with E-state index in [4.69, 9.17) is 0 Å². The Labute approximate surface area is 66.6 Å². The Morgan fingerprint density at radius 3 is 2.45 bits per heavy atom. The van der Waals surface area contributed by atoms with Gasteiger partial charge >= 0.3 is 16.4 Å². The zero-order valence-electron chi connectivity index (χ0n) is 5.70. The highest BCUT2D eigenvalue weighted by Crippen LogP contribution is 2.26. The molecule has 1 fully saturated rings. The van der Waals surface area contributed by atoms with E-state index in [9.17, 15) is 14.4 Å². The summed E-state index contributed by atoms with van der Waals surface area (Å²) in [6.07, 6.45) is 0.141. The van der Waals surface area contributed by atoms with Gasteiger partial charge in [0.1, 0.15) is 0 Å². The Balaban J connectivity index is 2.43. The van der Waals surface area contributed by atoms with Crippen LogP contribution in [-0.4, -0.2) is 21.5 Å². The summed E-state index contributed by atoms with van der Waals surface area (Å²) in [5.41, 5.74) is 0. The molecular weight excluding hydrogens is 170 g/mol. The van der Waals surface area contributed by atoms with Gasteiger partial charge in [0.2, 0.25) is 0 Å². The van der Waals surface area contributed by atoms with E-state index in [2.05, 4.69) is 4.84 Å². The summed E-state index contributed by atoms with van der Waals surface area (Å²) in [7, 11) is 0. The van der Waals surface area contributed by atoms with Crippen molar-refractivity contribution in [3.05, 3.63) is 0 Å². The standard InChI is InChI=1S/C5H5NO4S/c1-2-3(7)10-6-4(8)11-5(6)9/h2H2,1H3. The maximum Gasteiger partial charge on any atom is 0.333 e. The molecule has 1 aliphatic heterocycles. The maximum absolute atomic E-state index is 10.5. The molecule has 11 heavy (non-hydrogen) atoms. The molecule has 0 aromatic heterocycles. The van der Waals surface area contributed by atoms with Gasteiger partial charge in [-0.25, -0.2) is 4.79 Å². The second kappa shape index (κ2) is 2.91. The van der Waals surface area contributed by atoms with Crippen LogP contribution in [-0.2, 0) is 9.63 Å². The number of nitrogens with zero attached hydrogens (tertiary/aromatic N) is 1. The van der Waals surface area contributed by atoms with Crippen molar-refractivity contribution in [3.8, 4) is 0 Å². The van der Waals surface area contributed by atoms with Crippen molar-refractivity contribution in [2.75, 3.05) is 0 Å². The number of hydrogen-bond donors (Lipinski definition) is 0. The van der Waals surface area contributed by atoms with Crippen molar-refractivity contribution >= 4 is 28.2 Å². The number of carbonyl (C=O) groups is 3. The molecule has 0 N–H and O–H groups in total. The molecule has 5 nitrogen and oxygen atoms in total. The molecule has 0 radical (unpaired) electrons. The first kappa shape index (κ1) is 8.06. The second-order valence-electron chi connectivity index (χ2n) is 1.75. The zero-order valence-corrected chi connectivity index (χ0v) is 6.51. The van der Waals surface area contributed by atoms with Crippen LogP contribution in [0.2, 0.25) is 0 Å². The quantitative estimate of drug-likeness (QED) is 0.629. The van der Waals surface area contributed by atoms with E-state index >= 15 is 0 Å². The summed E-state index contributed by atoms with van der Waals surface area (Å²) in [5.74, 6) is -0.591. The highest BCUT2D eigenvalue weighted by atomic mass is 32.2. The lowest BCUT2D eigenvalue weighted by atomic mass is 10.5. The number of rotatable bonds is 2. The molecule has 0 atom stereocenters. The fraction of sp³-hybridized carbons (Fsp3) is 0.400. The largest absolute Gasteiger partial charge is 0.333 e. The molecule has 0 spiro atoms. The van der Waals surface area contributed by atoms with Crippen LogP contribution in [0.3, 0.4) is 0 Å². The highest BCUT2D eigenvalue weighted by molar-refractivity contribution is 8.28. The van der Waals surface area contributed by atoms with Gasteiger partial charge in [-0.3, -0.25) is 9.59 Å². The Hall–Kier alpha value is -1.04. The van der Waals surface area contributed by atoms with E-state index in [0.29, 0.717) is 16.8 Å². The number of amides is 2. The predicted octanol–water partition coefficient (Wildman–Crippen LogP) is 1.14. The van der Waals surface area contributed by atoms with Crippen LogP contribution >= 0.6 is 11.8 Å². The van der Waals surface area contributed by atoms with E-state index in [1.165, 1.54) is 0 Å². The fourth-order valence-corrected chi connectivity index (χ4v) is 0.857. The zero-order chi connectivity index (χ0) is 8.43. The molecule has 0 bridgehead atoms. The molecule has 0 aliphatic carbocycles. The molecule has 1 rings (SSSR count). The minimum Gasteiger partial charge on any atom is -0.329 e. The first-order valence-corrected chi connectivity index (χ1v) is 3.73. The molecule has 0 aromatic carbocycles. The van der Waals surface area contributed by atoms with Gasteiger partial charge in [0.25, 0.3) is 0 Å². The monoisotopic (exact) mass is 175 g/mol. The summed E-state index contributed by atoms with van der Waals surface area (Å²) in [6, 6.07) is 0. The van der Waals surface area contributed by atoms with Gasteiger partial charge in [-0.05, 0) is 0 Å². The predicted molar refractivity (Wildman–Crippen MR) is 36.6 cm³/mol. The van der Waals surface area contributed by atoms with Gasteiger partial charge in [0.05, 0.1) is 0 Å². The van der Waals surface area contributed by atoms with Crippen LogP contribution in [0.1, 0.15) is 13.3 Å². The Bertz CT molecular complexity index is 213. The van der Waals surface area contributed by atoms with E-state index < -0.39 is 16.4 Å². The van der Waals surface area contributed by atoms with Gasteiger partial charge in [-0.2, -0.15) is 0 Å². The Kier molecular flexibility index (Phi) is 2.13. The van der Waals surface area contributed by atoms with Crippen LogP contribution < -0.4 is 0 Å². The summed E-state index contributed by atoms with van der Waals surface area (Å²) in [4.78, 5) is 35.8. The van der Waals surface area contributed by atoms with Gasteiger partial charge in [-0.15, -0.1) is 0 Å². The summed E-state index contributed by atoms with van der Waals surface area (Å²) in [5, 5.41) is -0.634. The molecule has 1 aliphatic rings. The number of hydrogen-bond acceptors (Lipinski definition) is 5. The molecule has 0 unspecified atom stereocenters. The van der Waals surface area contributed by atoms with Crippen LogP contribution in [0.25, 0.3) is 0 Å². The SMILES string of the molecule is CCC(=O)ON1C(=O)SC1=O. The normalized spacial score (nSPS) is 16.3. The molecule has 0 saturated carbocycles. The van der Waals surface area contributed by atoms with Crippen molar-refractivity contribution in [1.82, 2.24) is 5.06 Å². The van der Waals surface area contributed by atoms with Gasteiger partial charge in [0.15, 0.2) is 0 Å². The van der Waals surface area contributed by atoms with Crippen molar-refractivity contribution in [3.63, 3.8) is 0 Å². The molecule has 1 heterocycles. The van der Waals surface area contributed by atoms with Gasteiger partial charge in [0, 0.05) is 18.2 Å². The van der Waals surface area contributed by atoms with Crippen molar-refractivity contribution in [2.45, 2.75) is 13.3 Å². The van der Waals surface area contributed by atoms with E-state index in [0.717, 1.165) is 0 Å². The van der Waals surface area contributed by atoms with Crippen LogP contribution in [0, 0.1) is 0 Å². The second-order valence-corrected chi connectivity index (χ2v) is 2.65. The van der Waals surface area contributed by atoms with Gasteiger partial charge in [-0.1, -0.05) is 12.0 Å². The maximum atomic E-state index is 10.5. The van der Waals surface area contributed by atoms with Crippen molar-refractivity contribution in [2.24, 2.45) is 0 Å². The summed E-state index contributed by atoms with van der Waals surface area (Å²) in [6.45, 7) is 1.57.